The van der Waals surface area contributed by atoms with E-state index in [0.29, 0.717) is 30.1 Å². The van der Waals surface area contributed by atoms with Gasteiger partial charge in [0.2, 0.25) is 10.0 Å². The van der Waals surface area contributed by atoms with E-state index in [1.807, 2.05) is 6.92 Å². The van der Waals surface area contributed by atoms with Crippen molar-refractivity contribution >= 4 is 21.4 Å². The first kappa shape index (κ1) is 14.0. The van der Waals surface area contributed by atoms with Crippen LogP contribution in [0.25, 0.3) is 10.4 Å². The number of thiophene rings is 1. The first-order chi connectivity index (χ1) is 8.06. The molecule has 0 aliphatic rings. The highest BCUT2D eigenvalue weighted by atomic mass is 32.2. The molecular formula is C9H14N4O2S2. The fraction of sp³-hybridized carbons (Fsp3) is 0.556. The van der Waals surface area contributed by atoms with Crippen molar-refractivity contribution in [1.29, 1.82) is 0 Å². The molecule has 0 amide bonds. The minimum Gasteiger partial charge on any atom is -0.210 e. The molecular weight excluding hydrogens is 260 g/mol. The van der Waals surface area contributed by atoms with Crippen LogP contribution in [0.1, 0.15) is 17.7 Å². The lowest BCUT2D eigenvalue weighted by Crippen LogP contribution is -2.24. The SMILES string of the molecule is Cc1ccc(S(=O)(=O)NCCCCN=[N+]=[N-])s1. The zero-order valence-corrected chi connectivity index (χ0v) is 11.1. The van der Waals surface area contributed by atoms with Gasteiger partial charge in [0.05, 0.1) is 0 Å². The van der Waals surface area contributed by atoms with Crippen LogP contribution in [0.3, 0.4) is 0 Å². The van der Waals surface area contributed by atoms with E-state index in [9.17, 15) is 8.42 Å². The Morgan fingerprint density at radius 2 is 2.24 bits per heavy atom. The number of aryl methyl sites for hydroxylation is 1. The summed E-state index contributed by atoms with van der Waals surface area (Å²) in [5, 5.41) is 3.37. The zero-order chi connectivity index (χ0) is 12.7. The van der Waals surface area contributed by atoms with Gasteiger partial charge in [-0.25, -0.2) is 13.1 Å². The second-order valence-corrected chi connectivity index (χ2v) is 6.71. The molecule has 0 aliphatic heterocycles. The molecule has 1 aromatic heterocycles. The quantitative estimate of drug-likeness (QED) is 0.358. The van der Waals surface area contributed by atoms with Crippen molar-refractivity contribution in [1.82, 2.24) is 4.72 Å². The molecule has 1 N–H and O–H groups in total. The molecule has 17 heavy (non-hydrogen) atoms. The van der Waals surface area contributed by atoms with Gasteiger partial charge < -0.3 is 0 Å². The molecule has 1 aromatic rings. The fourth-order valence-corrected chi connectivity index (χ4v) is 3.59. The molecule has 8 heteroatoms. The average molecular weight is 274 g/mol. The third-order valence-corrected chi connectivity index (χ3v) is 4.97. The third kappa shape index (κ3) is 4.74. The van der Waals surface area contributed by atoms with E-state index in [1.165, 1.54) is 11.3 Å². The molecule has 0 atom stereocenters. The summed E-state index contributed by atoms with van der Waals surface area (Å²) in [4.78, 5) is 3.59. The summed E-state index contributed by atoms with van der Waals surface area (Å²) in [6.45, 7) is 2.63. The lowest BCUT2D eigenvalue weighted by Gasteiger charge is -2.03. The van der Waals surface area contributed by atoms with Gasteiger partial charge in [-0.05, 0) is 37.4 Å². The van der Waals surface area contributed by atoms with Crippen LogP contribution < -0.4 is 4.72 Å². The number of hydrogen-bond acceptors (Lipinski definition) is 4. The predicted molar refractivity (Wildman–Crippen MR) is 67.5 cm³/mol. The van der Waals surface area contributed by atoms with Gasteiger partial charge in [0.15, 0.2) is 0 Å². The molecule has 6 nitrogen and oxygen atoms in total. The lowest BCUT2D eigenvalue weighted by atomic mass is 10.3. The number of nitrogens with zero attached hydrogens (tertiary/aromatic N) is 3. The molecule has 0 aliphatic carbocycles. The maximum atomic E-state index is 11.8. The maximum Gasteiger partial charge on any atom is 0.250 e. The summed E-state index contributed by atoms with van der Waals surface area (Å²) in [6.07, 6.45) is 1.33. The van der Waals surface area contributed by atoms with Crippen molar-refractivity contribution in [3.63, 3.8) is 0 Å². The molecule has 0 fully saturated rings. The number of sulfonamides is 1. The first-order valence-electron chi connectivity index (χ1n) is 5.13. The average Bonchev–Trinajstić information content (AvgIpc) is 2.71. The van der Waals surface area contributed by atoms with Crippen molar-refractivity contribution in [2.75, 3.05) is 13.1 Å². The summed E-state index contributed by atoms with van der Waals surface area (Å²) in [5.41, 5.74) is 8.05. The number of azide groups is 1. The van der Waals surface area contributed by atoms with Gasteiger partial charge in [-0.3, -0.25) is 0 Å². The summed E-state index contributed by atoms with van der Waals surface area (Å²) in [6, 6.07) is 3.38. The standard InChI is InChI=1S/C9H14N4O2S2/c1-8-4-5-9(16-8)17(14,15)12-7-3-2-6-11-13-10/h4-5,12H,2-3,6-7H2,1H3. The van der Waals surface area contributed by atoms with Crippen molar-refractivity contribution in [2.24, 2.45) is 5.11 Å². The Bertz CT molecular complexity index is 503. The second-order valence-electron chi connectivity index (χ2n) is 3.42. The Morgan fingerprint density at radius 1 is 1.47 bits per heavy atom. The normalized spacial score (nSPS) is 11.1. The highest BCUT2D eigenvalue weighted by molar-refractivity contribution is 7.91. The van der Waals surface area contributed by atoms with Crippen LogP contribution in [-0.2, 0) is 10.0 Å². The molecule has 0 saturated carbocycles. The van der Waals surface area contributed by atoms with E-state index >= 15 is 0 Å². The minimum atomic E-state index is -3.37. The van der Waals surface area contributed by atoms with Gasteiger partial charge in [-0.2, -0.15) is 0 Å². The van der Waals surface area contributed by atoms with Crippen LogP contribution in [0.4, 0.5) is 0 Å². The Balaban J connectivity index is 2.38. The number of nitrogens with one attached hydrogen (secondary N) is 1. The Kier molecular flexibility index (Phi) is 5.43. The largest absolute Gasteiger partial charge is 0.250 e. The molecule has 0 aromatic carbocycles. The molecule has 1 heterocycles. The summed E-state index contributed by atoms with van der Waals surface area (Å²) < 4.78 is 26.4. The molecule has 0 unspecified atom stereocenters. The predicted octanol–water partition coefficient (Wildman–Crippen LogP) is 2.43. The summed E-state index contributed by atoms with van der Waals surface area (Å²) >= 11 is 1.25. The Labute approximate surface area is 104 Å². The Morgan fingerprint density at radius 3 is 2.82 bits per heavy atom. The molecule has 0 spiro atoms. The summed E-state index contributed by atoms with van der Waals surface area (Å²) in [5.74, 6) is 0. The van der Waals surface area contributed by atoms with Crippen LogP contribution in [-0.4, -0.2) is 21.5 Å². The van der Waals surface area contributed by atoms with Crippen molar-refractivity contribution < 1.29 is 8.42 Å². The van der Waals surface area contributed by atoms with E-state index in [4.69, 9.17) is 5.53 Å². The van der Waals surface area contributed by atoms with Crippen molar-refractivity contribution in [3.8, 4) is 0 Å². The van der Waals surface area contributed by atoms with E-state index in [0.717, 1.165) is 4.88 Å². The monoisotopic (exact) mass is 274 g/mol. The van der Waals surface area contributed by atoms with E-state index in [1.54, 1.807) is 12.1 Å². The lowest BCUT2D eigenvalue weighted by molar-refractivity contribution is 0.579. The second kappa shape index (κ2) is 6.61. The van der Waals surface area contributed by atoms with Gasteiger partial charge in [0, 0.05) is 22.9 Å². The molecule has 0 saturated heterocycles. The number of unbranched alkanes of at least 4 members (excludes halogenated alkanes) is 1. The van der Waals surface area contributed by atoms with Crippen LogP contribution >= 0.6 is 11.3 Å². The minimum absolute atomic E-state index is 0.338. The number of rotatable bonds is 7. The molecule has 94 valence electrons. The van der Waals surface area contributed by atoms with Gasteiger partial charge in [-0.15, -0.1) is 11.3 Å². The van der Waals surface area contributed by atoms with E-state index in [2.05, 4.69) is 14.7 Å². The molecule has 0 bridgehead atoms. The van der Waals surface area contributed by atoms with Gasteiger partial charge in [0.1, 0.15) is 4.21 Å². The highest BCUT2D eigenvalue weighted by Crippen LogP contribution is 2.20. The van der Waals surface area contributed by atoms with Gasteiger partial charge in [0.25, 0.3) is 0 Å². The van der Waals surface area contributed by atoms with Crippen LogP contribution in [0.2, 0.25) is 0 Å². The maximum absolute atomic E-state index is 11.8. The topological polar surface area (TPSA) is 94.9 Å². The highest BCUT2D eigenvalue weighted by Gasteiger charge is 2.14. The zero-order valence-electron chi connectivity index (χ0n) is 9.46. The van der Waals surface area contributed by atoms with E-state index in [-0.39, 0.29) is 0 Å². The summed E-state index contributed by atoms with van der Waals surface area (Å²) in [7, 11) is -3.37. The molecule has 1 rings (SSSR count). The number of hydrogen-bond donors (Lipinski definition) is 1. The van der Waals surface area contributed by atoms with Crippen LogP contribution in [0.15, 0.2) is 21.5 Å². The van der Waals surface area contributed by atoms with Crippen LogP contribution in [0.5, 0.6) is 0 Å². The van der Waals surface area contributed by atoms with Crippen LogP contribution in [0, 0.1) is 6.92 Å². The first-order valence-corrected chi connectivity index (χ1v) is 7.43. The van der Waals surface area contributed by atoms with Gasteiger partial charge in [-0.1, -0.05) is 5.11 Å². The molecule has 0 radical (unpaired) electrons. The van der Waals surface area contributed by atoms with E-state index < -0.39 is 10.0 Å². The fourth-order valence-electron chi connectivity index (χ4n) is 1.19. The Hall–Kier alpha value is -1.08. The van der Waals surface area contributed by atoms with Crippen molar-refractivity contribution in [2.45, 2.75) is 24.0 Å². The van der Waals surface area contributed by atoms with Crippen molar-refractivity contribution in [3.05, 3.63) is 27.5 Å². The third-order valence-electron chi connectivity index (χ3n) is 2.02. The van der Waals surface area contributed by atoms with Gasteiger partial charge >= 0.3 is 0 Å². The smallest absolute Gasteiger partial charge is 0.210 e.